The van der Waals surface area contributed by atoms with Gasteiger partial charge in [-0.25, -0.2) is 0 Å². The lowest BCUT2D eigenvalue weighted by Gasteiger charge is -2.17. The predicted octanol–water partition coefficient (Wildman–Crippen LogP) is 3.16. The maximum atomic E-state index is 12.1. The van der Waals surface area contributed by atoms with Crippen LogP contribution in [0.25, 0.3) is 0 Å². The summed E-state index contributed by atoms with van der Waals surface area (Å²) in [5, 5.41) is 0. The third kappa shape index (κ3) is 7.36. The Morgan fingerprint density at radius 2 is 1.82 bits per heavy atom. The normalized spacial score (nSPS) is 10.8. The van der Waals surface area contributed by atoms with Crippen molar-refractivity contribution in [3.05, 3.63) is 29.8 Å². The number of alkyl halides is 2. The standard InChI is InChI=1S/C16H24F2N2O2/c1-20(15(21)6-4-2-3-5-11-19)12-13-7-9-14(10-8-13)22-16(17)18/h7-10,16H,2-6,11-12,19H2,1H3. The molecule has 0 saturated carbocycles. The number of hydrogen-bond acceptors (Lipinski definition) is 3. The molecule has 0 aliphatic carbocycles. The van der Waals surface area contributed by atoms with Crippen LogP contribution in [0.4, 0.5) is 8.78 Å². The summed E-state index contributed by atoms with van der Waals surface area (Å²) in [5.74, 6) is 0.202. The highest BCUT2D eigenvalue weighted by molar-refractivity contribution is 5.75. The predicted molar refractivity (Wildman–Crippen MR) is 81.7 cm³/mol. The van der Waals surface area contributed by atoms with E-state index in [2.05, 4.69) is 4.74 Å². The Hall–Kier alpha value is -1.69. The topological polar surface area (TPSA) is 55.6 Å². The molecule has 0 aromatic heterocycles. The monoisotopic (exact) mass is 314 g/mol. The molecule has 0 spiro atoms. The second kappa shape index (κ2) is 10.1. The zero-order valence-corrected chi connectivity index (χ0v) is 12.9. The SMILES string of the molecule is CN(Cc1ccc(OC(F)F)cc1)C(=O)CCCCCCN. The minimum Gasteiger partial charge on any atom is -0.435 e. The number of benzene rings is 1. The van der Waals surface area contributed by atoms with Crippen molar-refractivity contribution >= 4 is 5.91 Å². The van der Waals surface area contributed by atoms with Gasteiger partial charge in [-0.05, 0) is 37.1 Å². The van der Waals surface area contributed by atoms with Crippen LogP contribution < -0.4 is 10.5 Å². The van der Waals surface area contributed by atoms with Gasteiger partial charge in [-0.1, -0.05) is 25.0 Å². The van der Waals surface area contributed by atoms with Crippen LogP contribution in [0.2, 0.25) is 0 Å². The van der Waals surface area contributed by atoms with Crippen molar-refractivity contribution in [1.29, 1.82) is 0 Å². The van der Waals surface area contributed by atoms with E-state index in [9.17, 15) is 13.6 Å². The molecule has 0 bridgehead atoms. The number of hydrogen-bond donors (Lipinski definition) is 1. The summed E-state index contributed by atoms with van der Waals surface area (Å²) >= 11 is 0. The van der Waals surface area contributed by atoms with Gasteiger partial charge in [0.1, 0.15) is 5.75 Å². The summed E-state index contributed by atoms with van der Waals surface area (Å²) in [5.41, 5.74) is 6.29. The largest absolute Gasteiger partial charge is 0.435 e. The van der Waals surface area contributed by atoms with Gasteiger partial charge in [0.25, 0.3) is 0 Å². The molecule has 0 saturated heterocycles. The fourth-order valence-electron chi connectivity index (χ4n) is 2.10. The van der Waals surface area contributed by atoms with Gasteiger partial charge in [0.2, 0.25) is 5.91 Å². The van der Waals surface area contributed by atoms with Gasteiger partial charge >= 0.3 is 6.61 Å². The van der Waals surface area contributed by atoms with Crippen LogP contribution in [0.3, 0.4) is 0 Å². The summed E-state index contributed by atoms with van der Waals surface area (Å²) in [7, 11) is 1.74. The number of rotatable bonds is 10. The Bertz CT molecular complexity index is 438. The zero-order chi connectivity index (χ0) is 16.4. The first-order valence-corrected chi connectivity index (χ1v) is 7.50. The summed E-state index contributed by atoms with van der Waals surface area (Å²) in [6.45, 7) is -1.68. The fraction of sp³-hybridized carbons (Fsp3) is 0.562. The van der Waals surface area contributed by atoms with Crippen molar-refractivity contribution in [1.82, 2.24) is 4.90 Å². The average molecular weight is 314 g/mol. The molecule has 0 fully saturated rings. The molecule has 0 heterocycles. The van der Waals surface area contributed by atoms with Crippen molar-refractivity contribution in [2.45, 2.75) is 45.3 Å². The molecule has 1 aromatic rings. The third-order valence-electron chi connectivity index (χ3n) is 3.34. The molecular weight excluding hydrogens is 290 g/mol. The molecule has 4 nitrogen and oxygen atoms in total. The van der Waals surface area contributed by atoms with E-state index in [-0.39, 0.29) is 11.7 Å². The molecule has 0 atom stereocenters. The van der Waals surface area contributed by atoms with Crippen LogP contribution >= 0.6 is 0 Å². The van der Waals surface area contributed by atoms with Gasteiger partial charge in [-0.3, -0.25) is 4.79 Å². The van der Waals surface area contributed by atoms with Crippen molar-refractivity contribution in [3.63, 3.8) is 0 Å². The van der Waals surface area contributed by atoms with E-state index in [1.807, 2.05) is 0 Å². The van der Waals surface area contributed by atoms with Crippen molar-refractivity contribution < 1.29 is 18.3 Å². The van der Waals surface area contributed by atoms with E-state index in [0.29, 0.717) is 19.5 Å². The van der Waals surface area contributed by atoms with E-state index >= 15 is 0 Å². The molecule has 2 N–H and O–H groups in total. The highest BCUT2D eigenvalue weighted by Gasteiger charge is 2.09. The molecule has 1 amide bonds. The number of amides is 1. The Kier molecular flexibility index (Phi) is 8.43. The number of halogens is 2. The zero-order valence-electron chi connectivity index (χ0n) is 12.9. The van der Waals surface area contributed by atoms with Crippen molar-refractivity contribution in [2.75, 3.05) is 13.6 Å². The van der Waals surface area contributed by atoms with Gasteiger partial charge in [0, 0.05) is 20.0 Å². The van der Waals surface area contributed by atoms with Gasteiger partial charge < -0.3 is 15.4 Å². The van der Waals surface area contributed by atoms with Crippen LogP contribution in [0.5, 0.6) is 5.75 Å². The molecule has 1 rings (SSSR count). The van der Waals surface area contributed by atoms with Crippen LogP contribution in [-0.4, -0.2) is 31.0 Å². The minimum absolute atomic E-state index is 0.0839. The van der Waals surface area contributed by atoms with E-state index in [4.69, 9.17) is 5.73 Å². The number of unbranched alkanes of at least 4 members (excludes halogenated alkanes) is 3. The van der Waals surface area contributed by atoms with Crippen LogP contribution in [0, 0.1) is 0 Å². The van der Waals surface area contributed by atoms with Gasteiger partial charge in [-0.2, -0.15) is 8.78 Å². The number of ether oxygens (including phenoxy) is 1. The Labute approximate surface area is 130 Å². The molecule has 6 heteroatoms. The van der Waals surface area contributed by atoms with Crippen molar-refractivity contribution in [3.8, 4) is 5.75 Å². The van der Waals surface area contributed by atoms with E-state index in [0.717, 1.165) is 31.2 Å². The molecule has 1 aromatic carbocycles. The van der Waals surface area contributed by atoms with Crippen LogP contribution in [0.1, 0.15) is 37.7 Å². The summed E-state index contributed by atoms with van der Waals surface area (Å²) in [6, 6.07) is 6.32. The number of carbonyl (C=O) groups excluding carboxylic acids is 1. The fourth-order valence-corrected chi connectivity index (χ4v) is 2.10. The lowest BCUT2D eigenvalue weighted by molar-refractivity contribution is -0.130. The lowest BCUT2D eigenvalue weighted by atomic mass is 10.1. The second-order valence-electron chi connectivity index (χ2n) is 5.23. The van der Waals surface area contributed by atoms with Crippen LogP contribution in [-0.2, 0) is 11.3 Å². The summed E-state index contributed by atoms with van der Waals surface area (Å²) in [6.07, 6.45) is 4.45. The minimum atomic E-state index is -2.82. The van der Waals surface area contributed by atoms with E-state index < -0.39 is 6.61 Å². The van der Waals surface area contributed by atoms with E-state index in [1.165, 1.54) is 12.1 Å². The molecule has 0 unspecified atom stereocenters. The highest BCUT2D eigenvalue weighted by Crippen LogP contribution is 2.16. The Balaban J connectivity index is 2.34. The molecule has 0 aliphatic rings. The molecular formula is C16H24F2N2O2. The van der Waals surface area contributed by atoms with Gasteiger partial charge in [-0.15, -0.1) is 0 Å². The van der Waals surface area contributed by atoms with Gasteiger partial charge in [0.15, 0.2) is 0 Å². The first kappa shape index (κ1) is 18.4. The lowest BCUT2D eigenvalue weighted by Crippen LogP contribution is -2.25. The molecule has 0 aliphatic heterocycles. The first-order chi connectivity index (χ1) is 10.5. The summed E-state index contributed by atoms with van der Waals surface area (Å²) in [4.78, 5) is 13.6. The quantitative estimate of drug-likeness (QED) is 0.675. The molecule has 124 valence electrons. The third-order valence-corrected chi connectivity index (χ3v) is 3.34. The van der Waals surface area contributed by atoms with Crippen LogP contribution in [0.15, 0.2) is 24.3 Å². The summed E-state index contributed by atoms with van der Waals surface area (Å²) < 4.78 is 28.4. The average Bonchev–Trinajstić information content (AvgIpc) is 2.48. The Morgan fingerprint density at radius 1 is 1.18 bits per heavy atom. The van der Waals surface area contributed by atoms with Crippen molar-refractivity contribution in [2.24, 2.45) is 5.73 Å². The molecule has 22 heavy (non-hydrogen) atoms. The maximum Gasteiger partial charge on any atom is 0.387 e. The van der Waals surface area contributed by atoms with Gasteiger partial charge in [0.05, 0.1) is 0 Å². The highest BCUT2D eigenvalue weighted by atomic mass is 19.3. The van der Waals surface area contributed by atoms with E-state index in [1.54, 1.807) is 24.1 Å². The number of nitrogens with two attached hydrogens (primary N) is 1. The number of carbonyl (C=O) groups is 1. The second-order valence-corrected chi connectivity index (χ2v) is 5.23. The maximum absolute atomic E-state index is 12.1. The first-order valence-electron chi connectivity index (χ1n) is 7.50. The molecule has 0 radical (unpaired) electrons. The number of nitrogens with zero attached hydrogens (tertiary/aromatic N) is 1. The smallest absolute Gasteiger partial charge is 0.387 e. The Morgan fingerprint density at radius 3 is 2.41 bits per heavy atom.